The lowest BCUT2D eigenvalue weighted by molar-refractivity contribution is 0.820. The van der Waals surface area contributed by atoms with E-state index in [1.54, 1.807) is 34.1 Å². The molecular weight excluding hydrogens is 479 g/mol. The number of aromatic nitrogens is 2. The molecule has 5 rings (SSSR count). The molecule has 2 heterocycles. The fourth-order valence-corrected chi connectivity index (χ4v) is 6.72. The van der Waals surface area contributed by atoms with E-state index >= 15 is 0 Å². The average Bonchev–Trinajstić information content (AvgIpc) is 3.29. The van der Waals surface area contributed by atoms with E-state index in [-0.39, 0.29) is 5.56 Å². The number of fused-ring (bicyclic) bond motifs is 3. The highest BCUT2D eigenvalue weighted by Crippen LogP contribution is 2.37. The van der Waals surface area contributed by atoms with Crippen molar-refractivity contribution in [1.29, 1.82) is 0 Å². The van der Waals surface area contributed by atoms with E-state index in [0.717, 1.165) is 40.7 Å². The Bertz CT molecular complexity index is 1330. The first-order chi connectivity index (χ1) is 14.5. The SMILES string of the molecule is O=c1c2c3c(sc2nc(SCc2ccc(Cl)cc2Cl)n1-c1ccc(Cl)cc1)CCC3. The van der Waals surface area contributed by atoms with Gasteiger partial charge < -0.3 is 0 Å². The van der Waals surface area contributed by atoms with Crippen LogP contribution in [0.2, 0.25) is 15.1 Å². The third kappa shape index (κ3) is 3.67. The molecule has 2 aromatic carbocycles. The molecule has 0 spiro atoms. The average molecular weight is 494 g/mol. The number of nitrogens with zero attached hydrogens (tertiary/aromatic N) is 2. The van der Waals surface area contributed by atoms with Crippen LogP contribution in [0.15, 0.2) is 52.4 Å². The Morgan fingerprint density at radius 3 is 2.57 bits per heavy atom. The number of benzene rings is 2. The standard InChI is InChI=1S/C22H15Cl3N2OS2/c23-13-6-8-15(9-7-13)27-21(28)19-16-2-1-3-18(16)30-20(19)26-22(27)29-11-12-4-5-14(24)10-17(12)25/h4-10H,1-3,11H2. The zero-order valence-electron chi connectivity index (χ0n) is 15.6. The molecule has 0 atom stereocenters. The van der Waals surface area contributed by atoms with Crippen molar-refractivity contribution in [2.75, 3.05) is 0 Å². The number of hydrogen-bond donors (Lipinski definition) is 0. The lowest BCUT2D eigenvalue weighted by Crippen LogP contribution is -2.21. The van der Waals surface area contributed by atoms with Crippen LogP contribution >= 0.6 is 57.9 Å². The van der Waals surface area contributed by atoms with Crippen molar-refractivity contribution < 1.29 is 0 Å². The van der Waals surface area contributed by atoms with E-state index in [9.17, 15) is 4.79 Å². The molecule has 8 heteroatoms. The molecule has 0 fully saturated rings. The fraction of sp³-hybridized carbons (Fsp3) is 0.182. The monoisotopic (exact) mass is 492 g/mol. The molecule has 0 radical (unpaired) electrons. The number of halogens is 3. The maximum atomic E-state index is 13.6. The van der Waals surface area contributed by atoms with Gasteiger partial charge in [0.15, 0.2) is 5.16 Å². The smallest absolute Gasteiger partial charge is 0.267 e. The molecule has 30 heavy (non-hydrogen) atoms. The first-order valence-electron chi connectivity index (χ1n) is 9.41. The summed E-state index contributed by atoms with van der Waals surface area (Å²) in [6.07, 6.45) is 3.07. The van der Waals surface area contributed by atoms with Gasteiger partial charge in [-0.15, -0.1) is 11.3 Å². The predicted octanol–water partition coefficient (Wildman–Crippen LogP) is 7.19. The molecule has 0 saturated carbocycles. The Morgan fingerprint density at radius 2 is 1.80 bits per heavy atom. The summed E-state index contributed by atoms with van der Waals surface area (Å²) >= 11 is 21.6. The van der Waals surface area contributed by atoms with Gasteiger partial charge >= 0.3 is 0 Å². The Balaban J connectivity index is 1.65. The molecule has 0 N–H and O–H groups in total. The maximum absolute atomic E-state index is 13.6. The van der Waals surface area contributed by atoms with Crippen LogP contribution in [-0.2, 0) is 18.6 Å². The van der Waals surface area contributed by atoms with Gasteiger partial charge in [0.2, 0.25) is 0 Å². The van der Waals surface area contributed by atoms with Gasteiger partial charge in [0.05, 0.1) is 11.1 Å². The van der Waals surface area contributed by atoms with E-state index in [1.165, 1.54) is 22.2 Å². The molecule has 0 amide bonds. The van der Waals surface area contributed by atoms with Crippen LogP contribution in [0.3, 0.4) is 0 Å². The number of thioether (sulfide) groups is 1. The van der Waals surface area contributed by atoms with Crippen LogP contribution < -0.4 is 5.56 Å². The van der Waals surface area contributed by atoms with Crippen molar-refractivity contribution in [3.05, 3.63) is 83.9 Å². The summed E-state index contributed by atoms with van der Waals surface area (Å²) in [6.45, 7) is 0. The lowest BCUT2D eigenvalue weighted by Gasteiger charge is -2.13. The number of hydrogen-bond acceptors (Lipinski definition) is 4. The van der Waals surface area contributed by atoms with Gasteiger partial charge in [-0.05, 0) is 66.8 Å². The molecule has 0 bridgehead atoms. The van der Waals surface area contributed by atoms with Crippen molar-refractivity contribution in [2.45, 2.75) is 30.2 Å². The van der Waals surface area contributed by atoms with Crippen LogP contribution in [0.25, 0.3) is 15.9 Å². The van der Waals surface area contributed by atoms with Crippen LogP contribution in [0, 0.1) is 0 Å². The first kappa shape index (κ1) is 20.4. The topological polar surface area (TPSA) is 34.9 Å². The highest BCUT2D eigenvalue weighted by atomic mass is 35.5. The molecule has 0 aliphatic heterocycles. The third-order valence-corrected chi connectivity index (χ3v) is 8.18. The minimum Gasteiger partial charge on any atom is -0.268 e. The summed E-state index contributed by atoms with van der Waals surface area (Å²) in [5.74, 6) is 0.576. The second kappa shape index (κ2) is 8.21. The number of thiophene rings is 1. The molecule has 152 valence electrons. The minimum absolute atomic E-state index is 0.0218. The van der Waals surface area contributed by atoms with E-state index in [1.807, 2.05) is 24.3 Å². The highest BCUT2D eigenvalue weighted by molar-refractivity contribution is 7.98. The summed E-state index contributed by atoms with van der Waals surface area (Å²) in [5, 5.41) is 3.22. The van der Waals surface area contributed by atoms with Crippen molar-refractivity contribution in [2.24, 2.45) is 0 Å². The summed E-state index contributed by atoms with van der Waals surface area (Å²) in [6, 6.07) is 12.7. The zero-order valence-corrected chi connectivity index (χ0v) is 19.5. The Kier molecular flexibility index (Phi) is 5.58. The van der Waals surface area contributed by atoms with Gasteiger partial charge in [-0.3, -0.25) is 9.36 Å². The Morgan fingerprint density at radius 1 is 1.03 bits per heavy atom. The van der Waals surface area contributed by atoms with Crippen molar-refractivity contribution in [3.63, 3.8) is 0 Å². The van der Waals surface area contributed by atoms with E-state index in [0.29, 0.717) is 26.0 Å². The Labute approximate surface area is 196 Å². The second-order valence-electron chi connectivity index (χ2n) is 7.07. The fourth-order valence-electron chi connectivity index (χ4n) is 3.72. The second-order valence-corrected chi connectivity index (χ2v) is 10.4. The normalized spacial score (nSPS) is 13.2. The molecule has 0 unspecified atom stereocenters. The number of rotatable bonds is 4. The molecule has 0 saturated heterocycles. The van der Waals surface area contributed by atoms with Gasteiger partial charge in [-0.1, -0.05) is 52.6 Å². The summed E-state index contributed by atoms with van der Waals surface area (Å²) in [7, 11) is 0. The van der Waals surface area contributed by atoms with Gasteiger partial charge in [-0.2, -0.15) is 0 Å². The van der Waals surface area contributed by atoms with Gasteiger partial charge in [0, 0.05) is 25.7 Å². The van der Waals surface area contributed by atoms with E-state index < -0.39 is 0 Å². The molecular formula is C22H15Cl3N2OS2. The summed E-state index contributed by atoms with van der Waals surface area (Å²) in [5.41, 5.74) is 2.84. The van der Waals surface area contributed by atoms with Crippen LogP contribution in [0.1, 0.15) is 22.4 Å². The maximum Gasteiger partial charge on any atom is 0.267 e. The van der Waals surface area contributed by atoms with E-state index in [4.69, 9.17) is 39.8 Å². The Hall–Kier alpha value is -1.50. The summed E-state index contributed by atoms with van der Waals surface area (Å²) in [4.78, 5) is 20.6. The molecule has 4 aromatic rings. The molecule has 1 aliphatic carbocycles. The summed E-state index contributed by atoms with van der Waals surface area (Å²) < 4.78 is 1.69. The quantitative estimate of drug-likeness (QED) is 0.223. The van der Waals surface area contributed by atoms with Crippen molar-refractivity contribution in [3.8, 4) is 5.69 Å². The number of aryl methyl sites for hydroxylation is 2. The van der Waals surface area contributed by atoms with Crippen LogP contribution in [0.4, 0.5) is 0 Å². The van der Waals surface area contributed by atoms with Crippen molar-refractivity contribution in [1.82, 2.24) is 9.55 Å². The van der Waals surface area contributed by atoms with Crippen LogP contribution in [-0.4, -0.2) is 9.55 Å². The lowest BCUT2D eigenvalue weighted by atomic mass is 10.2. The highest BCUT2D eigenvalue weighted by Gasteiger charge is 2.24. The van der Waals surface area contributed by atoms with E-state index in [2.05, 4.69) is 0 Å². The van der Waals surface area contributed by atoms with Crippen LogP contribution in [0.5, 0.6) is 0 Å². The molecule has 2 aromatic heterocycles. The predicted molar refractivity (Wildman–Crippen MR) is 128 cm³/mol. The van der Waals surface area contributed by atoms with Gasteiger partial charge in [-0.25, -0.2) is 4.98 Å². The van der Waals surface area contributed by atoms with Gasteiger partial charge in [0.1, 0.15) is 4.83 Å². The van der Waals surface area contributed by atoms with Crippen molar-refractivity contribution >= 4 is 68.1 Å². The molecule has 3 nitrogen and oxygen atoms in total. The zero-order chi connectivity index (χ0) is 20.8. The largest absolute Gasteiger partial charge is 0.268 e. The third-order valence-electron chi connectivity index (χ3n) is 5.16. The minimum atomic E-state index is -0.0218. The first-order valence-corrected chi connectivity index (χ1v) is 12.3. The van der Waals surface area contributed by atoms with Gasteiger partial charge in [0.25, 0.3) is 5.56 Å². The molecule has 1 aliphatic rings.